The summed E-state index contributed by atoms with van der Waals surface area (Å²) in [6.45, 7) is 2.14. The van der Waals surface area contributed by atoms with Crippen molar-refractivity contribution in [3.63, 3.8) is 0 Å². The number of allylic oxidation sites excluding steroid dienone is 1. The van der Waals surface area contributed by atoms with Crippen molar-refractivity contribution in [3.8, 4) is 6.07 Å². The molecular weight excluding hydrogens is 238 g/mol. The summed E-state index contributed by atoms with van der Waals surface area (Å²) in [6, 6.07) is 7.58. The molecule has 2 rings (SSSR count). The Labute approximate surface area is 111 Å². The Bertz CT molecular complexity index is 705. The van der Waals surface area contributed by atoms with E-state index in [1.807, 2.05) is 24.3 Å². The molecule has 0 aliphatic heterocycles. The van der Waals surface area contributed by atoms with Gasteiger partial charge in [0.05, 0.1) is 17.0 Å². The van der Waals surface area contributed by atoms with Gasteiger partial charge in [0.1, 0.15) is 11.8 Å². The standard InChI is InChI=1S/C16H15NO2/c1-2-3-5-12-7-8-15-14(10-12)16(18)13(11-19-15)6-4-9-17/h4,6-8,10-11H,2-3,5H2,1H3. The van der Waals surface area contributed by atoms with Gasteiger partial charge in [-0.15, -0.1) is 0 Å². The summed E-state index contributed by atoms with van der Waals surface area (Å²) in [5.41, 5.74) is 2.04. The molecule has 1 heterocycles. The van der Waals surface area contributed by atoms with Crippen LogP contribution in [0.3, 0.4) is 0 Å². The van der Waals surface area contributed by atoms with E-state index in [-0.39, 0.29) is 5.43 Å². The van der Waals surface area contributed by atoms with E-state index in [1.165, 1.54) is 18.4 Å². The van der Waals surface area contributed by atoms with Crippen molar-refractivity contribution < 1.29 is 4.42 Å². The lowest BCUT2D eigenvalue weighted by Crippen LogP contribution is -2.05. The third kappa shape index (κ3) is 2.92. The summed E-state index contributed by atoms with van der Waals surface area (Å²) in [7, 11) is 0. The highest BCUT2D eigenvalue weighted by atomic mass is 16.3. The maximum absolute atomic E-state index is 12.2. The van der Waals surface area contributed by atoms with Gasteiger partial charge in [-0.3, -0.25) is 4.79 Å². The van der Waals surface area contributed by atoms with E-state index in [1.54, 1.807) is 0 Å². The summed E-state index contributed by atoms with van der Waals surface area (Å²) < 4.78 is 5.42. The summed E-state index contributed by atoms with van der Waals surface area (Å²) in [5, 5.41) is 9.08. The first-order chi connectivity index (χ1) is 9.26. The molecule has 1 aromatic heterocycles. The first-order valence-corrected chi connectivity index (χ1v) is 6.37. The molecule has 0 atom stereocenters. The zero-order chi connectivity index (χ0) is 13.7. The fraction of sp³-hybridized carbons (Fsp3) is 0.250. The lowest BCUT2D eigenvalue weighted by Gasteiger charge is -2.02. The lowest BCUT2D eigenvalue weighted by atomic mass is 10.0. The van der Waals surface area contributed by atoms with Crippen LogP contribution in [0.2, 0.25) is 0 Å². The van der Waals surface area contributed by atoms with Gasteiger partial charge in [-0.05, 0) is 36.6 Å². The Morgan fingerprint density at radius 1 is 1.42 bits per heavy atom. The molecule has 0 aliphatic rings. The van der Waals surface area contributed by atoms with Crippen LogP contribution in [0.15, 0.2) is 39.7 Å². The minimum atomic E-state index is -0.0916. The minimum absolute atomic E-state index is 0.0916. The van der Waals surface area contributed by atoms with Crippen molar-refractivity contribution in [2.45, 2.75) is 26.2 Å². The minimum Gasteiger partial charge on any atom is -0.463 e. The van der Waals surface area contributed by atoms with E-state index in [0.717, 1.165) is 24.8 Å². The number of fused-ring (bicyclic) bond motifs is 1. The van der Waals surface area contributed by atoms with E-state index >= 15 is 0 Å². The number of hydrogen-bond donors (Lipinski definition) is 0. The molecular formula is C16H15NO2. The number of aryl methyl sites for hydroxylation is 1. The van der Waals surface area contributed by atoms with Crippen molar-refractivity contribution in [1.29, 1.82) is 5.26 Å². The molecule has 0 radical (unpaired) electrons. The highest BCUT2D eigenvalue weighted by Crippen LogP contribution is 2.16. The van der Waals surface area contributed by atoms with Crippen molar-refractivity contribution in [1.82, 2.24) is 0 Å². The Morgan fingerprint density at radius 3 is 3.00 bits per heavy atom. The highest BCUT2D eigenvalue weighted by molar-refractivity contribution is 5.79. The SMILES string of the molecule is CCCCc1ccc2occ(C=CC#N)c(=O)c2c1. The van der Waals surface area contributed by atoms with Crippen molar-refractivity contribution in [2.24, 2.45) is 0 Å². The van der Waals surface area contributed by atoms with Gasteiger partial charge in [-0.1, -0.05) is 19.4 Å². The van der Waals surface area contributed by atoms with Gasteiger partial charge in [0.25, 0.3) is 0 Å². The van der Waals surface area contributed by atoms with Crippen LogP contribution >= 0.6 is 0 Å². The Hall–Kier alpha value is -2.34. The van der Waals surface area contributed by atoms with Crippen molar-refractivity contribution in [3.05, 3.63) is 51.9 Å². The predicted octanol–water partition coefficient (Wildman–Crippen LogP) is 3.67. The van der Waals surface area contributed by atoms with Crippen LogP contribution in [0.5, 0.6) is 0 Å². The van der Waals surface area contributed by atoms with Crippen LogP contribution in [0.25, 0.3) is 17.0 Å². The molecule has 19 heavy (non-hydrogen) atoms. The van der Waals surface area contributed by atoms with Gasteiger partial charge in [-0.2, -0.15) is 5.26 Å². The van der Waals surface area contributed by atoms with Crippen LogP contribution in [0.1, 0.15) is 30.9 Å². The number of benzene rings is 1. The van der Waals surface area contributed by atoms with E-state index in [9.17, 15) is 4.79 Å². The predicted molar refractivity (Wildman–Crippen MR) is 75.7 cm³/mol. The van der Waals surface area contributed by atoms with Crippen LogP contribution in [0.4, 0.5) is 0 Å². The smallest absolute Gasteiger partial charge is 0.199 e. The quantitative estimate of drug-likeness (QED) is 0.781. The first kappa shape index (κ1) is 13.1. The molecule has 0 fully saturated rings. The molecule has 0 saturated carbocycles. The largest absolute Gasteiger partial charge is 0.463 e. The zero-order valence-electron chi connectivity index (χ0n) is 10.8. The number of hydrogen-bond acceptors (Lipinski definition) is 3. The number of rotatable bonds is 4. The average Bonchev–Trinajstić information content (AvgIpc) is 2.45. The molecule has 1 aromatic carbocycles. The Morgan fingerprint density at radius 2 is 2.26 bits per heavy atom. The first-order valence-electron chi connectivity index (χ1n) is 6.37. The summed E-state index contributed by atoms with van der Waals surface area (Å²) in [5.74, 6) is 0. The van der Waals surface area contributed by atoms with Crippen LogP contribution in [-0.4, -0.2) is 0 Å². The summed E-state index contributed by atoms with van der Waals surface area (Å²) in [6.07, 6.45) is 7.33. The highest BCUT2D eigenvalue weighted by Gasteiger charge is 2.05. The van der Waals surface area contributed by atoms with E-state index < -0.39 is 0 Å². The number of unbranched alkanes of at least 4 members (excludes halogenated alkanes) is 1. The molecule has 3 heteroatoms. The number of nitrogens with zero attached hydrogens (tertiary/aromatic N) is 1. The van der Waals surface area contributed by atoms with Crippen molar-refractivity contribution >= 4 is 17.0 Å². The van der Waals surface area contributed by atoms with Crippen LogP contribution in [-0.2, 0) is 6.42 Å². The second-order valence-corrected chi connectivity index (χ2v) is 4.42. The average molecular weight is 253 g/mol. The molecule has 0 spiro atoms. The van der Waals surface area contributed by atoms with Gasteiger partial charge >= 0.3 is 0 Å². The van der Waals surface area contributed by atoms with Gasteiger partial charge in [0.2, 0.25) is 0 Å². The van der Waals surface area contributed by atoms with Gasteiger partial charge in [0.15, 0.2) is 5.43 Å². The fourth-order valence-corrected chi connectivity index (χ4v) is 1.97. The Balaban J connectivity index is 2.50. The third-order valence-corrected chi connectivity index (χ3v) is 3.02. The normalized spacial score (nSPS) is 10.9. The lowest BCUT2D eigenvalue weighted by molar-refractivity contribution is 0.600. The molecule has 0 aliphatic carbocycles. The van der Waals surface area contributed by atoms with Gasteiger partial charge < -0.3 is 4.42 Å². The van der Waals surface area contributed by atoms with Gasteiger partial charge in [-0.25, -0.2) is 0 Å². The summed E-state index contributed by atoms with van der Waals surface area (Å²) in [4.78, 5) is 12.2. The van der Waals surface area contributed by atoms with Gasteiger partial charge in [0, 0.05) is 6.08 Å². The molecule has 96 valence electrons. The molecule has 0 N–H and O–H groups in total. The van der Waals surface area contributed by atoms with E-state index in [0.29, 0.717) is 16.5 Å². The van der Waals surface area contributed by atoms with E-state index in [4.69, 9.17) is 9.68 Å². The zero-order valence-corrected chi connectivity index (χ0v) is 10.8. The molecule has 3 nitrogen and oxygen atoms in total. The summed E-state index contributed by atoms with van der Waals surface area (Å²) >= 11 is 0. The monoisotopic (exact) mass is 253 g/mol. The number of nitriles is 1. The topological polar surface area (TPSA) is 54.0 Å². The second kappa shape index (κ2) is 6.01. The molecule has 0 unspecified atom stereocenters. The Kier molecular flexibility index (Phi) is 4.15. The second-order valence-electron chi connectivity index (χ2n) is 4.42. The van der Waals surface area contributed by atoms with E-state index in [2.05, 4.69) is 6.92 Å². The maximum Gasteiger partial charge on any atom is 0.199 e. The fourth-order valence-electron chi connectivity index (χ4n) is 1.97. The molecule has 0 saturated heterocycles. The van der Waals surface area contributed by atoms with Crippen molar-refractivity contribution in [2.75, 3.05) is 0 Å². The van der Waals surface area contributed by atoms with Crippen LogP contribution in [0, 0.1) is 11.3 Å². The molecule has 0 bridgehead atoms. The van der Waals surface area contributed by atoms with Crippen LogP contribution < -0.4 is 5.43 Å². The maximum atomic E-state index is 12.2. The third-order valence-electron chi connectivity index (χ3n) is 3.02. The molecule has 0 amide bonds. The molecule has 2 aromatic rings.